The molecule has 168 valence electrons. The highest BCUT2D eigenvalue weighted by molar-refractivity contribution is 5.90. The number of Topliss-reactive ketones (excluding diaryl/α,β-unsaturated/α-hetero) is 1. The molecule has 0 unspecified atom stereocenters. The second-order valence-electron chi connectivity index (χ2n) is 9.05. The van der Waals surface area contributed by atoms with E-state index in [4.69, 9.17) is 0 Å². The molecule has 2 aliphatic rings. The molecule has 6 heteroatoms. The average molecular weight is 428 g/mol. The number of aliphatic hydroxyl groups excluding tert-OH is 2. The van der Waals surface area contributed by atoms with Gasteiger partial charge in [0.25, 0.3) is 5.91 Å². The maximum absolute atomic E-state index is 13.0. The SMILES string of the molecule is CC1=C(C)[C@H]2[C@H](Cc3ccccc3)NC(=O)[C@@]2(O)[C@H](C=CC[C@H](C)C(=O)[C@H](C)O)[C@@H]1O. The van der Waals surface area contributed by atoms with Crippen LogP contribution in [-0.4, -0.2) is 50.9 Å². The number of carbonyl (C=O) groups is 2. The minimum absolute atomic E-state index is 0.265. The molecule has 1 aliphatic carbocycles. The van der Waals surface area contributed by atoms with E-state index in [2.05, 4.69) is 5.32 Å². The quantitative estimate of drug-likeness (QED) is 0.498. The Morgan fingerprint density at radius 2 is 1.84 bits per heavy atom. The molecule has 1 aromatic carbocycles. The summed E-state index contributed by atoms with van der Waals surface area (Å²) in [7, 11) is 0. The first kappa shape index (κ1) is 23.4. The van der Waals surface area contributed by atoms with E-state index in [0.29, 0.717) is 12.8 Å². The van der Waals surface area contributed by atoms with E-state index >= 15 is 0 Å². The molecule has 1 saturated heterocycles. The fraction of sp³-hybridized carbons (Fsp3) is 0.520. The minimum atomic E-state index is -1.77. The molecule has 6 nitrogen and oxygen atoms in total. The molecule has 7 atom stereocenters. The molecule has 0 bridgehead atoms. The highest BCUT2D eigenvalue weighted by Crippen LogP contribution is 2.48. The second kappa shape index (κ2) is 9.07. The number of allylic oxidation sites excluding steroid dienone is 1. The summed E-state index contributed by atoms with van der Waals surface area (Å²) in [5, 5.41) is 35.0. The Bertz CT molecular complexity index is 890. The molecule has 31 heavy (non-hydrogen) atoms. The molecule has 0 spiro atoms. The largest absolute Gasteiger partial charge is 0.388 e. The van der Waals surface area contributed by atoms with E-state index in [1.165, 1.54) is 6.92 Å². The monoisotopic (exact) mass is 427 g/mol. The summed E-state index contributed by atoms with van der Waals surface area (Å²) in [6, 6.07) is 9.52. The summed E-state index contributed by atoms with van der Waals surface area (Å²) >= 11 is 0. The lowest BCUT2D eigenvalue weighted by molar-refractivity contribution is -0.147. The van der Waals surface area contributed by atoms with Gasteiger partial charge < -0.3 is 20.6 Å². The number of aliphatic hydroxyl groups is 3. The van der Waals surface area contributed by atoms with E-state index in [9.17, 15) is 24.9 Å². The van der Waals surface area contributed by atoms with Gasteiger partial charge in [0.05, 0.1) is 6.10 Å². The molecule has 0 radical (unpaired) electrons. The number of benzene rings is 1. The lowest BCUT2D eigenvalue weighted by Gasteiger charge is -2.43. The van der Waals surface area contributed by atoms with Crippen LogP contribution in [-0.2, 0) is 16.0 Å². The molecule has 4 N–H and O–H groups in total. The van der Waals surface area contributed by atoms with Gasteiger partial charge >= 0.3 is 0 Å². The van der Waals surface area contributed by atoms with Crippen LogP contribution in [0, 0.1) is 17.8 Å². The van der Waals surface area contributed by atoms with Crippen molar-refractivity contribution in [1.82, 2.24) is 5.32 Å². The summed E-state index contributed by atoms with van der Waals surface area (Å²) in [6.07, 6.45) is 2.27. The highest BCUT2D eigenvalue weighted by Gasteiger charge is 2.62. The molecule has 0 aromatic heterocycles. The van der Waals surface area contributed by atoms with E-state index in [1.54, 1.807) is 19.1 Å². The van der Waals surface area contributed by atoms with E-state index in [1.807, 2.05) is 44.2 Å². The number of nitrogens with one attached hydrogen (secondary N) is 1. The summed E-state index contributed by atoms with van der Waals surface area (Å²) < 4.78 is 0. The fourth-order valence-electron chi connectivity index (χ4n) is 5.04. The topological polar surface area (TPSA) is 107 Å². The number of hydrogen-bond acceptors (Lipinski definition) is 5. The first-order chi connectivity index (χ1) is 14.6. The van der Waals surface area contributed by atoms with Crippen molar-refractivity contribution in [2.75, 3.05) is 0 Å². The Hall–Kier alpha value is -2.28. The Labute approximate surface area is 183 Å². The standard InChI is InChI=1S/C25H33NO5/c1-14(22(28)17(4)27)9-8-12-19-23(29)16(3)15(2)21-20(26-24(30)25(19,21)31)13-18-10-6-5-7-11-18/h5-8,10-12,14,17,19-21,23,27,29,31H,9,13H2,1-4H3,(H,26,30)/t14-,17-,19+,20-,21-,23+,25+/m0/s1. The van der Waals surface area contributed by atoms with Crippen LogP contribution in [0.25, 0.3) is 0 Å². The van der Waals surface area contributed by atoms with Gasteiger partial charge in [-0.05, 0) is 44.7 Å². The third-order valence-corrected chi connectivity index (χ3v) is 6.97. The number of ketones is 1. The predicted octanol–water partition coefficient (Wildman–Crippen LogP) is 1.93. The summed E-state index contributed by atoms with van der Waals surface area (Å²) in [5.41, 5.74) is 0.881. The van der Waals surface area contributed by atoms with E-state index < -0.39 is 41.5 Å². The maximum Gasteiger partial charge on any atom is 0.253 e. The van der Waals surface area contributed by atoms with Gasteiger partial charge in [-0.2, -0.15) is 0 Å². The summed E-state index contributed by atoms with van der Waals surface area (Å²) in [4.78, 5) is 25.0. The zero-order valence-electron chi connectivity index (χ0n) is 18.6. The van der Waals surface area contributed by atoms with Crippen molar-refractivity contribution in [2.24, 2.45) is 17.8 Å². The van der Waals surface area contributed by atoms with Gasteiger partial charge in [-0.1, -0.05) is 55.0 Å². The van der Waals surface area contributed by atoms with E-state index in [-0.39, 0.29) is 11.8 Å². The Morgan fingerprint density at radius 1 is 1.19 bits per heavy atom. The van der Waals surface area contributed by atoms with Crippen molar-refractivity contribution in [3.05, 3.63) is 59.2 Å². The van der Waals surface area contributed by atoms with Crippen LogP contribution in [0.2, 0.25) is 0 Å². The van der Waals surface area contributed by atoms with Crippen LogP contribution in [0.15, 0.2) is 53.6 Å². The van der Waals surface area contributed by atoms with Crippen LogP contribution in [0.1, 0.15) is 39.7 Å². The third kappa shape index (κ3) is 4.25. The lowest BCUT2D eigenvalue weighted by atomic mass is 9.63. The number of fused-ring (bicyclic) bond motifs is 1. The number of amides is 1. The minimum Gasteiger partial charge on any atom is -0.388 e. The van der Waals surface area contributed by atoms with Crippen molar-refractivity contribution >= 4 is 11.7 Å². The van der Waals surface area contributed by atoms with Crippen LogP contribution in [0.3, 0.4) is 0 Å². The van der Waals surface area contributed by atoms with Crippen LogP contribution in [0.4, 0.5) is 0 Å². The number of rotatable bonds is 7. The van der Waals surface area contributed by atoms with E-state index in [0.717, 1.165) is 16.7 Å². The van der Waals surface area contributed by atoms with Gasteiger partial charge in [-0.3, -0.25) is 9.59 Å². The lowest BCUT2D eigenvalue weighted by Crippen LogP contribution is -2.56. The first-order valence-electron chi connectivity index (χ1n) is 10.9. The van der Waals surface area contributed by atoms with Crippen LogP contribution >= 0.6 is 0 Å². The number of carbonyl (C=O) groups excluding carboxylic acids is 2. The van der Waals surface area contributed by atoms with Gasteiger partial charge in [-0.25, -0.2) is 0 Å². The van der Waals surface area contributed by atoms with Gasteiger partial charge in [0.15, 0.2) is 11.4 Å². The molecular weight excluding hydrogens is 394 g/mol. The molecular formula is C25H33NO5. The normalized spacial score (nSPS) is 32.7. The molecule has 1 amide bonds. The Balaban J connectivity index is 1.89. The number of hydrogen-bond donors (Lipinski definition) is 4. The highest BCUT2D eigenvalue weighted by atomic mass is 16.3. The van der Waals surface area contributed by atoms with Crippen molar-refractivity contribution in [1.29, 1.82) is 0 Å². The summed E-state index contributed by atoms with van der Waals surface area (Å²) in [5.74, 6) is -2.43. The molecule has 0 saturated carbocycles. The third-order valence-electron chi connectivity index (χ3n) is 6.97. The zero-order valence-corrected chi connectivity index (χ0v) is 18.6. The van der Waals surface area contributed by atoms with Crippen molar-refractivity contribution in [3.63, 3.8) is 0 Å². The van der Waals surface area contributed by atoms with Crippen molar-refractivity contribution < 1.29 is 24.9 Å². The predicted molar refractivity (Wildman–Crippen MR) is 118 cm³/mol. The summed E-state index contributed by atoms with van der Waals surface area (Å²) in [6.45, 7) is 6.87. The zero-order chi connectivity index (χ0) is 22.9. The van der Waals surface area contributed by atoms with Crippen LogP contribution in [0.5, 0.6) is 0 Å². The molecule has 1 fully saturated rings. The van der Waals surface area contributed by atoms with Gasteiger partial charge in [0.1, 0.15) is 6.10 Å². The Morgan fingerprint density at radius 3 is 2.45 bits per heavy atom. The van der Waals surface area contributed by atoms with Gasteiger partial charge in [0, 0.05) is 23.8 Å². The smallest absolute Gasteiger partial charge is 0.253 e. The first-order valence-corrected chi connectivity index (χ1v) is 10.9. The molecule has 1 heterocycles. The fourth-order valence-corrected chi connectivity index (χ4v) is 5.04. The maximum atomic E-state index is 13.0. The van der Waals surface area contributed by atoms with Crippen LogP contribution < -0.4 is 5.32 Å². The van der Waals surface area contributed by atoms with Gasteiger partial charge in [-0.15, -0.1) is 0 Å². The molecule has 3 rings (SSSR count). The average Bonchev–Trinajstić information content (AvgIpc) is 2.99. The Kier molecular flexibility index (Phi) is 6.84. The second-order valence-corrected chi connectivity index (χ2v) is 9.05. The van der Waals surface area contributed by atoms with Crippen molar-refractivity contribution in [3.8, 4) is 0 Å². The van der Waals surface area contributed by atoms with Gasteiger partial charge in [0.2, 0.25) is 0 Å². The molecule has 1 aliphatic heterocycles. The molecule has 1 aromatic rings. The van der Waals surface area contributed by atoms with Crippen molar-refractivity contribution in [2.45, 2.75) is 64.4 Å².